The Morgan fingerprint density at radius 2 is 1.92 bits per heavy atom. The van der Waals surface area contributed by atoms with Gasteiger partial charge in [0.2, 0.25) is 5.91 Å². The van der Waals surface area contributed by atoms with Gasteiger partial charge >= 0.3 is 0 Å². The molecule has 1 saturated heterocycles. The summed E-state index contributed by atoms with van der Waals surface area (Å²) in [6.45, 7) is 4.47. The average molecular weight is 499 g/mol. The van der Waals surface area contributed by atoms with E-state index in [1.54, 1.807) is 17.2 Å². The zero-order chi connectivity index (χ0) is 25.6. The van der Waals surface area contributed by atoms with Crippen molar-refractivity contribution >= 4 is 16.7 Å². The quantitative estimate of drug-likeness (QED) is 0.349. The third kappa shape index (κ3) is 6.03. The first-order valence-electron chi connectivity index (χ1n) is 12.5. The molecule has 1 amide bonds. The Hall–Kier alpha value is -4.04. The number of aromatic nitrogens is 3. The lowest BCUT2D eigenvalue weighted by molar-refractivity contribution is -0.133. The second-order valence-corrected chi connectivity index (χ2v) is 9.35. The molecule has 0 unspecified atom stereocenters. The molecule has 4 aromatic rings. The van der Waals surface area contributed by atoms with Crippen LogP contribution in [0.2, 0.25) is 0 Å². The highest BCUT2D eigenvalue weighted by Crippen LogP contribution is 2.20. The molecule has 5 rings (SSSR count). The monoisotopic (exact) mass is 498 g/mol. The molecule has 0 bridgehead atoms. The van der Waals surface area contributed by atoms with Gasteiger partial charge in [0.1, 0.15) is 12.3 Å². The van der Waals surface area contributed by atoms with E-state index in [1.165, 1.54) is 4.68 Å². The zero-order valence-corrected chi connectivity index (χ0v) is 20.9. The number of hydrogen-bond donors (Lipinski definition) is 0. The van der Waals surface area contributed by atoms with Crippen molar-refractivity contribution in [3.63, 3.8) is 0 Å². The van der Waals surface area contributed by atoms with Gasteiger partial charge in [-0.05, 0) is 49.2 Å². The summed E-state index contributed by atoms with van der Waals surface area (Å²) in [5.74, 6) is 0.948. The van der Waals surface area contributed by atoms with Crippen LogP contribution in [0, 0.1) is 12.8 Å². The van der Waals surface area contributed by atoms with E-state index in [4.69, 9.17) is 9.47 Å². The molecule has 0 N–H and O–H groups in total. The van der Waals surface area contributed by atoms with E-state index >= 15 is 0 Å². The highest BCUT2D eigenvalue weighted by Gasteiger charge is 2.19. The summed E-state index contributed by atoms with van der Waals surface area (Å²) in [4.78, 5) is 32.7. The largest absolute Gasteiger partial charge is 0.493 e. The summed E-state index contributed by atoms with van der Waals surface area (Å²) in [7, 11) is 0. The van der Waals surface area contributed by atoms with Gasteiger partial charge in [-0.2, -0.15) is 5.10 Å². The summed E-state index contributed by atoms with van der Waals surface area (Å²) in [5.41, 5.74) is 2.12. The van der Waals surface area contributed by atoms with Crippen LogP contribution in [0.25, 0.3) is 10.8 Å². The van der Waals surface area contributed by atoms with Crippen LogP contribution >= 0.6 is 0 Å². The van der Waals surface area contributed by atoms with E-state index < -0.39 is 0 Å². The number of aryl methyl sites for hydroxylation is 1. The van der Waals surface area contributed by atoms with Crippen LogP contribution in [0.3, 0.4) is 0 Å². The standard InChI is InChI=1S/C29H30N4O4/c1-21-26-10-2-3-11-27(26)29(35)33(31-21)18-28(34)32(17-24-8-4-5-13-30-24)16-22-7-6-9-25(15-22)37-20-23-12-14-36-19-23/h2-11,13,15,23H,12,14,16-20H2,1H3/t23-/m0/s1. The fourth-order valence-electron chi connectivity index (χ4n) is 4.54. The maximum absolute atomic E-state index is 13.6. The Labute approximate surface area is 215 Å². The van der Waals surface area contributed by atoms with E-state index in [0.717, 1.165) is 42.0 Å². The summed E-state index contributed by atoms with van der Waals surface area (Å²) in [6.07, 6.45) is 2.71. The van der Waals surface area contributed by atoms with Gasteiger partial charge in [-0.25, -0.2) is 4.68 Å². The van der Waals surface area contributed by atoms with Gasteiger partial charge in [0.05, 0.1) is 36.5 Å². The van der Waals surface area contributed by atoms with E-state index in [0.29, 0.717) is 36.7 Å². The molecule has 3 heterocycles. The number of benzene rings is 2. The highest BCUT2D eigenvalue weighted by atomic mass is 16.5. The topological polar surface area (TPSA) is 86.6 Å². The minimum Gasteiger partial charge on any atom is -0.493 e. The Bertz CT molecular complexity index is 1430. The van der Waals surface area contributed by atoms with Crippen LogP contribution in [-0.4, -0.2) is 45.4 Å². The van der Waals surface area contributed by atoms with Crippen LogP contribution in [0.1, 0.15) is 23.4 Å². The molecule has 190 valence electrons. The molecule has 0 spiro atoms. The first-order valence-corrected chi connectivity index (χ1v) is 12.5. The predicted molar refractivity (Wildman–Crippen MR) is 140 cm³/mol. The number of fused-ring (bicyclic) bond motifs is 1. The average Bonchev–Trinajstić information content (AvgIpc) is 3.45. The summed E-state index contributed by atoms with van der Waals surface area (Å²) in [5, 5.41) is 5.77. The summed E-state index contributed by atoms with van der Waals surface area (Å²) < 4.78 is 12.7. The van der Waals surface area contributed by atoms with Gasteiger partial charge in [-0.3, -0.25) is 14.6 Å². The molecule has 2 aromatic heterocycles. The van der Waals surface area contributed by atoms with Gasteiger partial charge in [0.25, 0.3) is 5.56 Å². The van der Waals surface area contributed by atoms with Crippen molar-refractivity contribution in [1.82, 2.24) is 19.7 Å². The number of amides is 1. The number of carbonyl (C=O) groups excluding carboxylic acids is 1. The van der Waals surface area contributed by atoms with Crippen LogP contribution in [0.15, 0.2) is 77.7 Å². The molecule has 2 aromatic carbocycles. The highest BCUT2D eigenvalue weighted by molar-refractivity contribution is 5.83. The Morgan fingerprint density at radius 3 is 2.70 bits per heavy atom. The van der Waals surface area contributed by atoms with E-state index in [2.05, 4.69) is 10.1 Å². The van der Waals surface area contributed by atoms with E-state index in [9.17, 15) is 9.59 Å². The van der Waals surface area contributed by atoms with Crippen LogP contribution < -0.4 is 10.3 Å². The van der Waals surface area contributed by atoms with Crippen molar-refractivity contribution in [1.29, 1.82) is 0 Å². The molecule has 0 aliphatic carbocycles. The van der Waals surface area contributed by atoms with Gasteiger partial charge < -0.3 is 14.4 Å². The number of carbonyl (C=O) groups is 1. The number of nitrogens with zero attached hydrogens (tertiary/aromatic N) is 4. The SMILES string of the molecule is Cc1nn(CC(=O)N(Cc2cccc(OC[C@H]3CCOC3)c2)Cc2ccccn2)c(=O)c2ccccc12. The molecule has 1 atom stereocenters. The maximum atomic E-state index is 13.6. The smallest absolute Gasteiger partial charge is 0.275 e. The first-order chi connectivity index (χ1) is 18.1. The fraction of sp³-hybridized carbons (Fsp3) is 0.310. The van der Waals surface area contributed by atoms with Crippen molar-refractivity contribution in [3.05, 3.63) is 100 Å². The molecule has 37 heavy (non-hydrogen) atoms. The lowest BCUT2D eigenvalue weighted by atomic mass is 10.1. The second-order valence-electron chi connectivity index (χ2n) is 9.35. The summed E-state index contributed by atoms with van der Waals surface area (Å²) in [6, 6.07) is 20.7. The third-order valence-electron chi connectivity index (χ3n) is 6.55. The molecular formula is C29H30N4O4. The van der Waals surface area contributed by atoms with Gasteiger partial charge in [-0.1, -0.05) is 36.4 Å². The number of ether oxygens (including phenoxy) is 2. The van der Waals surface area contributed by atoms with E-state index in [-0.39, 0.29) is 18.0 Å². The molecule has 1 aliphatic heterocycles. The van der Waals surface area contributed by atoms with Gasteiger partial charge in [-0.15, -0.1) is 0 Å². The fourth-order valence-corrected chi connectivity index (χ4v) is 4.54. The van der Waals surface area contributed by atoms with Crippen LogP contribution in [0.5, 0.6) is 5.75 Å². The minimum atomic E-state index is -0.279. The second kappa shape index (κ2) is 11.3. The predicted octanol–water partition coefficient (Wildman–Crippen LogP) is 3.74. The van der Waals surface area contributed by atoms with Crippen molar-refractivity contribution in [3.8, 4) is 5.75 Å². The van der Waals surface area contributed by atoms with Crippen LogP contribution in [0.4, 0.5) is 0 Å². The lowest BCUT2D eigenvalue weighted by Crippen LogP contribution is -2.37. The molecule has 0 saturated carbocycles. The molecule has 8 heteroatoms. The van der Waals surface area contributed by atoms with Gasteiger partial charge in [0.15, 0.2) is 0 Å². The maximum Gasteiger partial charge on any atom is 0.275 e. The number of hydrogen-bond acceptors (Lipinski definition) is 6. The zero-order valence-electron chi connectivity index (χ0n) is 20.9. The van der Waals surface area contributed by atoms with Crippen LogP contribution in [-0.2, 0) is 29.2 Å². The Kier molecular flexibility index (Phi) is 7.56. The van der Waals surface area contributed by atoms with Crippen molar-refractivity contribution < 1.29 is 14.3 Å². The number of pyridine rings is 1. The summed E-state index contributed by atoms with van der Waals surface area (Å²) >= 11 is 0. The molecule has 0 radical (unpaired) electrons. The van der Waals surface area contributed by atoms with Crippen molar-refractivity contribution in [2.24, 2.45) is 5.92 Å². The van der Waals surface area contributed by atoms with Gasteiger partial charge in [0, 0.05) is 30.7 Å². The molecule has 1 fully saturated rings. The van der Waals surface area contributed by atoms with Crippen molar-refractivity contribution in [2.75, 3.05) is 19.8 Å². The minimum absolute atomic E-state index is 0.158. The molecule has 1 aliphatic rings. The molecule has 8 nitrogen and oxygen atoms in total. The lowest BCUT2D eigenvalue weighted by Gasteiger charge is -2.23. The number of rotatable bonds is 9. The Morgan fingerprint density at radius 1 is 1.08 bits per heavy atom. The van der Waals surface area contributed by atoms with E-state index in [1.807, 2.05) is 67.6 Å². The van der Waals surface area contributed by atoms with Crippen molar-refractivity contribution in [2.45, 2.75) is 33.0 Å². The molecular weight excluding hydrogens is 468 g/mol. The Balaban J connectivity index is 1.36. The normalized spacial score (nSPS) is 15.1. The first kappa shape index (κ1) is 24.6. The third-order valence-corrected chi connectivity index (χ3v) is 6.55.